The number of anilines is 2. The van der Waals surface area contributed by atoms with Crippen LogP contribution in [0.1, 0.15) is 44.7 Å². The van der Waals surface area contributed by atoms with E-state index in [0.29, 0.717) is 72.8 Å². The Kier molecular flexibility index (Phi) is 6.37. The number of aromatic nitrogens is 4. The molecule has 2 atom stereocenters. The fourth-order valence-electron chi connectivity index (χ4n) is 5.48. The first-order chi connectivity index (χ1) is 18.8. The maximum absolute atomic E-state index is 14.0. The zero-order valence-corrected chi connectivity index (χ0v) is 22.6. The molecule has 3 aromatic rings. The van der Waals surface area contributed by atoms with Crippen LogP contribution in [0.15, 0.2) is 43.0 Å². The summed E-state index contributed by atoms with van der Waals surface area (Å²) in [4.78, 5) is 31.2. The highest BCUT2D eigenvalue weighted by Crippen LogP contribution is 2.60. The molecule has 39 heavy (non-hydrogen) atoms. The summed E-state index contributed by atoms with van der Waals surface area (Å²) in [5.74, 6) is 1.81. The van der Waals surface area contributed by atoms with Crippen LogP contribution in [0, 0.1) is 11.8 Å². The van der Waals surface area contributed by atoms with Gasteiger partial charge in [-0.15, -0.1) is 0 Å². The van der Waals surface area contributed by atoms with E-state index in [4.69, 9.17) is 9.47 Å². The monoisotopic (exact) mass is 550 g/mol. The van der Waals surface area contributed by atoms with E-state index in [1.165, 1.54) is 6.33 Å². The minimum atomic E-state index is -3.49. The molecule has 1 amide bonds. The minimum absolute atomic E-state index is 0.192. The van der Waals surface area contributed by atoms with Crippen molar-refractivity contribution in [3.8, 4) is 22.9 Å². The second-order valence-corrected chi connectivity index (χ2v) is 12.4. The van der Waals surface area contributed by atoms with Crippen molar-refractivity contribution in [2.24, 2.45) is 11.8 Å². The van der Waals surface area contributed by atoms with Gasteiger partial charge in [-0.25, -0.2) is 23.4 Å². The topological polar surface area (TPSA) is 145 Å². The van der Waals surface area contributed by atoms with Gasteiger partial charge < -0.3 is 14.8 Å². The average Bonchev–Trinajstić information content (AvgIpc) is 3.87. The molecule has 11 nitrogen and oxygen atoms in total. The van der Waals surface area contributed by atoms with Crippen LogP contribution in [0.2, 0.25) is 0 Å². The molecule has 1 aromatic carbocycles. The molecule has 3 aliphatic carbocycles. The number of hydrogen-bond acceptors (Lipinski definition) is 9. The first kappa shape index (κ1) is 25.5. The van der Waals surface area contributed by atoms with Crippen molar-refractivity contribution < 1.29 is 22.7 Å². The van der Waals surface area contributed by atoms with E-state index < -0.39 is 15.4 Å². The van der Waals surface area contributed by atoms with Gasteiger partial charge in [0.2, 0.25) is 21.8 Å². The fraction of sp³-hybridized carbons (Fsp3) is 0.444. The Balaban J connectivity index is 1.27. The maximum Gasteiger partial charge on any atom is 0.236 e. The van der Waals surface area contributed by atoms with Crippen LogP contribution in [0.25, 0.3) is 11.3 Å². The summed E-state index contributed by atoms with van der Waals surface area (Å²) in [6.45, 7) is 2.36. The number of carbonyl (C=O) groups is 1. The zero-order valence-electron chi connectivity index (χ0n) is 21.8. The molecule has 2 unspecified atom stereocenters. The van der Waals surface area contributed by atoms with Crippen molar-refractivity contribution in [3.63, 3.8) is 0 Å². The molecule has 6 rings (SSSR count). The smallest absolute Gasteiger partial charge is 0.236 e. The molecule has 3 fully saturated rings. The van der Waals surface area contributed by atoms with Gasteiger partial charge in [-0.05, 0) is 63.0 Å². The highest BCUT2D eigenvalue weighted by Gasteiger charge is 2.59. The third-order valence-corrected chi connectivity index (χ3v) is 9.59. The number of methoxy groups -OCH3 is 1. The van der Waals surface area contributed by atoms with E-state index in [9.17, 15) is 13.2 Å². The lowest BCUT2D eigenvalue weighted by Gasteiger charge is -2.29. The van der Waals surface area contributed by atoms with Crippen LogP contribution < -0.4 is 19.5 Å². The maximum atomic E-state index is 14.0. The number of nitrogens with one attached hydrogen (secondary N) is 2. The molecule has 3 saturated carbocycles. The van der Waals surface area contributed by atoms with Gasteiger partial charge in [0.15, 0.2) is 0 Å². The Morgan fingerprint density at radius 2 is 1.92 bits per heavy atom. The number of carbonyl (C=O) groups excluding carboxylic acids is 1. The molecule has 0 aliphatic heterocycles. The predicted octanol–water partition coefficient (Wildman–Crippen LogP) is 3.55. The molecule has 0 spiro atoms. The van der Waals surface area contributed by atoms with Crippen LogP contribution >= 0.6 is 0 Å². The normalized spacial score (nSPS) is 23.5. The number of ether oxygens (including phenoxy) is 2. The lowest BCUT2D eigenvalue weighted by Crippen LogP contribution is -2.40. The second-order valence-electron chi connectivity index (χ2n) is 10.4. The fourth-order valence-corrected chi connectivity index (χ4v) is 6.81. The third kappa shape index (κ3) is 5.00. The van der Waals surface area contributed by atoms with E-state index in [1.807, 2.05) is 13.0 Å². The summed E-state index contributed by atoms with van der Waals surface area (Å²) in [5, 5.41) is 2.69. The largest absolute Gasteiger partial charge is 0.495 e. The van der Waals surface area contributed by atoms with E-state index in [1.54, 1.807) is 37.7 Å². The van der Waals surface area contributed by atoms with Crippen molar-refractivity contribution >= 4 is 27.4 Å². The van der Waals surface area contributed by atoms with Crippen molar-refractivity contribution in [2.45, 2.75) is 49.7 Å². The number of benzene rings is 1. The lowest BCUT2D eigenvalue weighted by atomic mass is 9.78. The van der Waals surface area contributed by atoms with E-state index in [0.717, 1.165) is 12.0 Å². The first-order valence-corrected chi connectivity index (χ1v) is 14.6. The van der Waals surface area contributed by atoms with Gasteiger partial charge in [0.05, 0.1) is 53.9 Å². The van der Waals surface area contributed by atoms with Gasteiger partial charge in [-0.3, -0.25) is 14.5 Å². The molecule has 2 heterocycles. The quantitative estimate of drug-likeness (QED) is 0.387. The molecule has 2 aromatic heterocycles. The first-order valence-electron chi connectivity index (χ1n) is 13.1. The molecule has 0 bridgehead atoms. The van der Waals surface area contributed by atoms with Crippen LogP contribution in [-0.4, -0.2) is 53.2 Å². The number of hydrogen-bond donors (Lipinski definition) is 2. The number of sulfonamides is 1. The molecular weight excluding hydrogens is 520 g/mol. The van der Waals surface area contributed by atoms with Gasteiger partial charge in [-0.1, -0.05) is 6.07 Å². The molecule has 3 aliphatic rings. The summed E-state index contributed by atoms with van der Waals surface area (Å²) < 4.78 is 38.6. The van der Waals surface area contributed by atoms with Crippen molar-refractivity contribution in [1.29, 1.82) is 0 Å². The average molecular weight is 551 g/mol. The van der Waals surface area contributed by atoms with Crippen molar-refractivity contribution in [3.05, 3.63) is 48.7 Å². The molecule has 12 heteroatoms. The summed E-state index contributed by atoms with van der Waals surface area (Å²) >= 11 is 0. The summed E-state index contributed by atoms with van der Waals surface area (Å²) in [5.41, 5.74) is 1.53. The summed E-state index contributed by atoms with van der Waals surface area (Å²) in [6, 6.07) is 7.02. The Bertz CT molecular complexity index is 1520. The Morgan fingerprint density at radius 1 is 1.13 bits per heavy atom. The molecular formula is C27H30N6O5S. The molecule has 0 saturated heterocycles. The van der Waals surface area contributed by atoms with Gasteiger partial charge in [0.25, 0.3) is 0 Å². The standard InChI is InChI=1S/C27H30N6O5S/c1-3-38-25-14-28-13-21(31-25)16-4-7-20(22(9-16)37-2)32-26(34)27(11-17-8-18(17)12-27)23-10-24(30-15-29-23)33-39(35,36)19-5-6-19/h4,7,9-10,13-15,17-19H,3,5-6,8,11-12H2,1-2H3,(H,32,34)(H,29,30,33). The summed E-state index contributed by atoms with van der Waals surface area (Å²) in [6.07, 6.45) is 8.21. The van der Waals surface area contributed by atoms with E-state index >= 15 is 0 Å². The highest BCUT2D eigenvalue weighted by molar-refractivity contribution is 7.93. The number of amides is 1. The number of fused-ring (bicyclic) bond motifs is 1. The third-order valence-electron chi connectivity index (χ3n) is 7.74. The van der Waals surface area contributed by atoms with Crippen LogP contribution in [0.4, 0.5) is 11.5 Å². The predicted molar refractivity (Wildman–Crippen MR) is 144 cm³/mol. The van der Waals surface area contributed by atoms with E-state index in [2.05, 4.69) is 30.0 Å². The second kappa shape index (κ2) is 9.74. The lowest BCUT2D eigenvalue weighted by molar-refractivity contribution is -0.122. The van der Waals surface area contributed by atoms with Gasteiger partial charge >= 0.3 is 0 Å². The van der Waals surface area contributed by atoms with Gasteiger partial charge in [-0.2, -0.15) is 0 Å². The van der Waals surface area contributed by atoms with Crippen LogP contribution in [0.3, 0.4) is 0 Å². The Morgan fingerprint density at radius 3 is 2.64 bits per heavy atom. The Labute approximate surface area is 226 Å². The van der Waals surface area contributed by atoms with Crippen molar-refractivity contribution in [2.75, 3.05) is 23.8 Å². The van der Waals surface area contributed by atoms with Crippen LogP contribution in [0.5, 0.6) is 11.6 Å². The van der Waals surface area contributed by atoms with Gasteiger partial charge in [0, 0.05) is 11.6 Å². The van der Waals surface area contributed by atoms with Crippen LogP contribution in [-0.2, 0) is 20.2 Å². The highest BCUT2D eigenvalue weighted by atomic mass is 32.2. The SMILES string of the molecule is CCOc1cncc(-c2ccc(NC(=O)C3(c4cc(NS(=O)(=O)C5CC5)ncn4)CC4CC4C3)c(OC)c2)n1. The molecule has 2 N–H and O–H groups in total. The van der Waals surface area contributed by atoms with Gasteiger partial charge in [0.1, 0.15) is 17.9 Å². The number of rotatable bonds is 10. The summed E-state index contributed by atoms with van der Waals surface area (Å²) in [7, 11) is -1.95. The molecule has 204 valence electrons. The van der Waals surface area contributed by atoms with E-state index in [-0.39, 0.29) is 17.0 Å². The Hall–Kier alpha value is -3.80. The molecule has 0 radical (unpaired) electrons. The zero-order chi connectivity index (χ0) is 27.2. The minimum Gasteiger partial charge on any atom is -0.495 e. The number of nitrogens with zero attached hydrogens (tertiary/aromatic N) is 4. The van der Waals surface area contributed by atoms with Crippen molar-refractivity contribution in [1.82, 2.24) is 19.9 Å².